The monoisotopic (exact) mass is 706 g/mol. The number of alkyl halides is 2. The molecule has 0 aliphatic carbocycles. The maximum atomic E-state index is 16.6. The molecule has 4 aromatic rings. The van der Waals surface area contributed by atoms with E-state index in [-0.39, 0.29) is 34.0 Å². The van der Waals surface area contributed by atoms with Gasteiger partial charge in [0, 0.05) is 0 Å². The molecule has 0 spiro atoms. The zero-order valence-corrected chi connectivity index (χ0v) is 26.2. The molecule has 45 heavy (non-hydrogen) atoms. The van der Waals surface area contributed by atoms with Crippen molar-refractivity contribution in [3.63, 3.8) is 0 Å². The molecule has 0 amide bonds. The Balaban J connectivity index is 1.19. The number of halogens is 2. The SMILES string of the molecule is C[C@@]1(F)[C@@H]2OP(=O)([S-])OC[C@H]3O[C@@H](n4cnc5c(N)ncnc54)[C@H](F)[C@@H]3OP([O-])(=S)OC[C@H]2O[C@H]1n1cnc2c(N)ncnc21. The number of fused-ring (bicyclic) bond motifs is 4. The Kier molecular flexibility index (Phi) is 7.64. The number of rotatable bonds is 2. The van der Waals surface area contributed by atoms with Gasteiger partial charge < -0.3 is 56.2 Å². The van der Waals surface area contributed by atoms with Gasteiger partial charge in [0.05, 0.1) is 25.9 Å². The van der Waals surface area contributed by atoms with Gasteiger partial charge in [0.15, 0.2) is 54.0 Å². The summed E-state index contributed by atoms with van der Waals surface area (Å²) in [7, 11) is 0. The standard InChI is InChI=1S/C21H24F2N10O8P2S2/c1-21(23)14-9(39-20(21)33-7-31-12-16(25)27-5-29-18(12)33)3-37-42(34,44)40-13-8(2-36-43(35,45)41-14)38-19(10(13)22)32-6-30-11-15(24)26-4-28-17(11)32/h4-10,13-14,19-20H,2-3H2,1H3,(H,34,44)(H,35,45)(H2,24,26,28)(H2,25,27,29)/p-2/t8-,9-,10-,13-,14-,19-,20-,21-,42?,43?/m1/s1. The van der Waals surface area contributed by atoms with Crippen molar-refractivity contribution in [2.75, 3.05) is 24.7 Å². The lowest BCUT2D eigenvalue weighted by Crippen LogP contribution is -2.43. The lowest BCUT2D eigenvalue weighted by atomic mass is 9.98. The van der Waals surface area contributed by atoms with Gasteiger partial charge in [-0.05, 0) is 6.92 Å². The van der Waals surface area contributed by atoms with E-state index >= 15 is 8.78 Å². The quantitative estimate of drug-likeness (QED) is 0.216. The topological polar surface area (TPSA) is 235 Å². The molecule has 10 atom stereocenters. The van der Waals surface area contributed by atoms with Gasteiger partial charge in [-0.25, -0.2) is 38.7 Å². The summed E-state index contributed by atoms with van der Waals surface area (Å²) in [6.07, 6.45) is -6.51. The molecule has 4 aromatic heterocycles. The third-order valence-corrected chi connectivity index (χ3v) is 10.6. The number of nitrogens with zero attached hydrogens (tertiary/aromatic N) is 8. The summed E-state index contributed by atoms with van der Waals surface area (Å²) >= 11 is 10.1. The van der Waals surface area contributed by atoms with Crippen LogP contribution in [0.2, 0.25) is 0 Å². The van der Waals surface area contributed by atoms with Crippen LogP contribution < -0.4 is 16.4 Å². The Morgan fingerprint density at radius 3 is 2.24 bits per heavy atom. The van der Waals surface area contributed by atoms with Crippen molar-refractivity contribution in [2.24, 2.45) is 0 Å². The normalized spacial score (nSPS) is 39.4. The van der Waals surface area contributed by atoms with Crippen LogP contribution in [-0.2, 0) is 56.2 Å². The highest BCUT2D eigenvalue weighted by molar-refractivity contribution is 8.32. The Morgan fingerprint density at radius 2 is 1.58 bits per heavy atom. The first kappa shape index (κ1) is 31.1. The Labute approximate surface area is 261 Å². The number of aromatic nitrogens is 8. The van der Waals surface area contributed by atoms with Crippen LogP contribution in [-0.4, -0.2) is 88.5 Å². The molecule has 3 fully saturated rings. The summed E-state index contributed by atoms with van der Waals surface area (Å²) in [5.74, 6) is 0.0789. The number of imidazole rings is 2. The van der Waals surface area contributed by atoms with E-state index in [4.69, 9.17) is 63.1 Å². The molecular weight excluding hydrogens is 684 g/mol. The van der Waals surface area contributed by atoms with Crippen molar-refractivity contribution in [2.45, 2.75) is 55.6 Å². The molecule has 242 valence electrons. The van der Waals surface area contributed by atoms with Gasteiger partial charge in [-0.15, -0.1) is 0 Å². The van der Waals surface area contributed by atoms with Gasteiger partial charge in [-0.3, -0.25) is 13.7 Å². The van der Waals surface area contributed by atoms with Crippen LogP contribution in [0.25, 0.3) is 22.3 Å². The molecule has 3 aliphatic rings. The number of ether oxygens (including phenoxy) is 2. The summed E-state index contributed by atoms with van der Waals surface area (Å²) in [6, 6.07) is 0. The van der Waals surface area contributed by atoms with Gasteiger partial charge in [-0.2, -0.15) is 0 Å². The van der Waals surface area contributed by atoms with Crippen molar-refractivity contribution in [1.82, 2.24) is 39.0 Å². The smallest absolute Gasteiger partial charge is 0.200 e. The molecule has 0 aromatic carbocycles. The molecule has 7 rings (SSSR count). The highest BCUT2D eigenvalue weighted by Crippen LogP contribution is 2.56. The van der Waals surface area contributed by atoms with Crippen molar-refractivity contribution in [3.8, 4) is 0 Å². The second-order valence-electron chi connectivity index (χ2n) is 10.4. The average molecular weight is 707 g/mol. The summed E-state index contributed by atoms with van der Waals surface area (Å²) < 4.78 is 82.0. The van der Waals surface area contributed by atoms with Gasteiger partial charge in [0.1, 0.15) is 54.8 Å². The molecule has 7 heterocycles. The highest BCUT2D eigenvalue weighted by atomic mass is 32.7. The molecule has 3 saturated heterocycles. The summed E-state index contributed by atoms with van der Waals surface area (Å²) in [4.78, 5) is 37.4. The summed E-state index contributed by atoms with van der Waals surface area (Å²) in [6.45, 7) is -9.38. The van der Waals surface area contributed by atoms with Gasteiger partial charge in [0.2, 0.25) is 0 Å². The van der Waals surface area contributed by atoms with Crippen molar-refractivity contribution in [1.29, 1.82) is 0 Å². The number of hydrogen-bond donors (Lipinski definition) is 2. The van der Waals surface area contributed by atoms with Crippen LogP contribution in [0.1, 0.15) is 19.4 Å². The second kappa shape index (κ2) is 11.1. The third-order valence-electron chi connectivity index (χ3n) is 7.54. The summed E-state index contributed by atoms with van der Waals surface area (Å²) in [5, 5.41) is 0. The number of hydrogen-bond acceptors (Lipinski definition) is 18. The number of nitrogen functional groups attached to an aromatic ring is 2. The first-order chi connectivity index (χ1) is 21.3. The first-order valence-corrected chi connectivity index (χ1v) is 18.1. The van der Waals surface area contributed by atoms with Crippen LogP contribution in [0, 0.1) is 0 Å². The average Bonchev–Trinajstić information content (AvgIpc) is 3.72. The predicted octanol–water partition coefficient (Wildman–Crippen LogP) is 0.749. The first-order valence-electron chi connectivity index (χ1n) is 13.0. The predicted molar refractivity (Wildman–Crippen MR) is 153 cm³/mol. The van der Waals surface area contributed by atoms with Crippen LogP contribution in [0.5, 0.6) is 0 Å². The third kappa shape index (κ3) is 5.40. The minimum atomic E-state index is -4.55. The zero-order chi connectivity index (χ0) is 31.9. The fourth-order valence-corrected chi connectivity index (χ4v) is 8.36. The van der Waals surface area contributed by atoms with E-state index in [1.807, 2.05) is 0 Å². The van der Waals surface area contributed by atoms with E-state index in [0.29, 0.717) is 0 Å². The van der Waals surface area contributed by atoms with Crippen LogP contribution in [0.4, 0.5) is 20.4 Å². The van der Waals surface area contributed by atoms with Gasteiger partial charge >= 0.3 is 0 Å². The van der Waals surface area contributed by atoms with Gasteiger partial charge in [-0.1, -0.05) is 11.8 Å². The molecule has 4 N–H and O–H groups in total. The number of nitrogens with two attached hydrogens (primary N) is 2. The lowest BCUT2D eigenvalue weighted by molar-refractivity contribution is -0.217. The largest absolute Gasteiger partial charge is 0.780 e. The fraction of sp³-hybridized carbons (Fsp3) is 0.524. The molecule has 0 radical (unpaired) electrons. The molecule has 18 nitrogen and oxygen atoms in total. The maximum absolute atomic E-state index is 16.6. The summed E-state index contributed by atoms with van der Waals surface area (Å²) in [5.41, 5.74) is 9.79. The zero-order valence-electron chi connectivity index (χ0n) is 22.7. The fourth-order valence-electron chi connectivity index (χ4n) is 5.46. The van der Waals surface area contributed by atoms with E-state index in [0.717, 1.165) is 19.6 Å². The molecule has 24 heteroatoms. The van der Waals surface area contributed by atoms with Crippen molar-refractivity contribution in [3.05, 3.63) is 25.3 Å². The Morgan fingerprint density at radius 1 is 0.978 bits per heavy atom. The molecule has 0 bridgehead atoms. The second-order valence-corrected chi connectivity index (χ2v) is 15.8. The van der Waals surface area contributed by atoms with E-state index in [9.17, 15) is 9.46 Å². The minimum absolute atomic E-state index is 0.0378. The molecular formula is C21H22F2N10O8P2S2-2. The van der Waals surface area contributed by atoms with Crippen molar-refractivity contribution < 1.29 is 45.8 Å². The van der Waals surface area contributed by atoms with Crippen LogP contribution >= 0.6 is 13.5 Å². The van der Waals surface area contributed by atoms with Gasteiger partial charge in [0.25, 0.3) is 0 Å². The van der Waals surface area contributed by atoms with Crippen LogP contribution in [0.3, 0.4) is 0 Å². The number of anilines is 2. The van der Waals surface area contributed by atoms with Crippen LogP contribution in [0.15, 0.2) is 25.3 Å². The Bertz CT molecular complexity index is 1890. The lowest BCUT2D eigenvalue weighted by Gasteiger charge is -2.37. The van der Waals surface area contributed by atoms with E-state index < -0.39 is 75.4 Å². The van der Waals surface area contributed by atoms with E-state index in [1.54, 1.807) is 0 Å². The Hall–Kier alpha value is -2.49. The van der Waals surface area contributed by atoms with Crippen molar-refractivity contribution >= 4 is 71.5 Å². The van der Waals surface area contributed by atoms with E-state index in [1.165, 1.54) is 21.8 Å². The van der Waals surface area contributed by atoms with E-state index in [2.05, 4.69) is 29.9 Å². The molecule has 0 saturated carbocycles. The molecule has 3 aliphatic heterocycles. The molecule has 2 unspecified atom stereocenters. The highest BCUT2D eigenvalue weighted by Gasteiger charge is 2.58. The maximum Gasteiger partial charge on any atom is 0.200 e. The minimum Gasteiger partial charge on any atom is -0.780 e.